The summed E-state index contributed by atoms with van der Waals surface area (Å²) in [4.78, 5) is 0. The third-order valence-corrected chi connectivity index (χ3v) is 3.04. The molecule has 1 aliphatic rings. The molecular weight excluding hydrogens is 143 g/mol. The van der Waals surface area contributed by atoms with Crippen molar-refractivity contribution in [3.63, 3.8) is 0 Å². The summed E-state index contributed by atoms with van der Waals surface area (Å²) in [7, 11) is 0. The molecule has 2 heteroatoms. The predicted molar refractivity (Wildman–Crippen MR) is 43.1 cm³/mol. The van der Waals surface area contributed by atoms with Gasteiger partial charge in [-0.05, 0) is 31.1 Å². The zero-order valence-electron chi connectivity index (χ0n) is 7.31. The first kappa shape index (κ1) is 8.98. The van der Waals surface area contributed by atoms with Gasteiger partial charge >= 0.3 is 0 Å². The van der Waals surface area contributed by atoms with E-state index < -0.39 is 5.67 Å². The smallest absolute Gasteiger partial charge is 0.113 e. The minimum Gasteiger partial charge on any atom is -0.396 e. The van der Waals surface area contributed by atoms with E-state index in [0.29, 0.717) is 12.8 Å². The third kappa shape index (κ3) is 1.56. The van der Waals surface area contributed by atoms with Crippen LogP contribution in [-0.4, -0.2) is 17.4 Å². The van der Waals surface area contributed by atoms with E-state index in [-0.39, 0.29) is 18.4 Å². The Bertz CT molecular complexity index is 138. The molecule has 1 N–H and O–H groups in total. The standard InChI is InChI=1S/C9H17FO/c1-3-9(10)5-8(6-11)4-7(9)2/h7-8,11H,3-6H2,1-2H3/t7-,8+,9-/m1/s1. The SMILES string of the molecule is CC[C@@]1(F)C[C@@H](CO)C[C@H]1C. The highest BCUT2D eigenvalue weighted by Crippen LogP contribution is 2.44. The van der Waals surface area contributed by atoms with Crippen molar-refractivity contribution in [1.29, 1.82) is 0 Å². The molecule has 3 atom stereocenters. The molecule has 0 aromatic heterocycles. The molecule has 0 unspecified atom stereocenters. The summed E-state index contributed by atoms with van der Waals surface area (Å²) in [5, 5.41) is 8.84. The molecule has 0 spiro atoms. The molecule has 11 heavy (non-hydrogen) atoms. The molecular formula is C9H17FO. The van der Waals surface area contributed by atoms with E-state index in [0.717, 1.165) is 6.42 Å². The van der Waals surface area contributed by atoms with E-state index in [9.17, 15) is 4.39 Å². The van der Waals surface area contributed by atoms with Crippen LogP contribution in [0.5, 0.6) is 0 Å². The van der Waals surface area contributed by atoms with Crippen LogP contribution in [-0.2, 0) is 0 Å². The number of halogens is 1. The normalized spacial score (nSPS) is 44.7. The summed E-state index contributed by atoms with van der Waals surface area (Å²) in [6.07, 6.45) is 1.99. The average molecular weight is 160 g/mol. The topological polar surface area (TPSA) is 20.2 Å². The van der Waals surface area contributed by atoms with E-state index >= 15 is 0 Å². The first-order valence-corrected chi connectivity index (χ1v) is 4.42. The second-order valence-electron chi connectivity index (χ2n) is 3.78. The average Bonchev–Trinajstić information content (AvgIpc) is 2.29. The summed E-state index contributed by atoms with van der Waals surface area (Å²) in [5.41, 5.74) is -0.993. The predicted octanol–water partition coefficient (Wildman–Crippen LogP) is 2.14. The van der Waals surface area contributed by atoms with Crippen molar-refractivity contribution in [3.05, 3.63) is 0 Å². The Morgan fingerprint density at radius 3 is 2.55 bits per heavy atom. The molecule has 1 nitrogen and oxygen atoms in total. The second kappa shape index (κ2) is 3.10. The number of aliphatic hydroxyl groups is 1. The molecule has 0 aromatic carbocycles. The molecule has 0 aliphatic heterocycles. The lowest BCUT2D eigenvalue weighted by Crippen LogP contribution is -2.24. The molecule has 0 heterocycles. The monoisotopic (exact) mass is 160 g/mol. The lowest BCUT2D eigenvalue weighted by atomic mass is 9.92. The molecule has 1 saturated carbocycles. The minimum atomic E-state index is -0.993. The van der Waals surface area contributed by atoms with Crippen molar-refractivity contribution < 1.29 is 9.50 Å². The minimum absolute atomic E-state index is 0.129. The molecule has 0 radical (unpaired) electrons. The summed E-state index contributed by atoms with van der Waals surface area (Å²) in [6, 6.07) is 0. The van der Waals surface area contributed by atoms with Gasteiger partial charge in [0, 0.05) is 6.61 Å². The summed E-state index contributed by atoms with van der Waals surface area (Å²) < 4.78 is 13.8. The van der Waals surface area contributed by atoms with Crippen LogP contribution >= 0.6 is 0 Å². The number of alkyl halides is 1. The molecule has 0 aromatic rings. The Balaban J connectivity index is 2.57. The van der Waals surface area contributed by atoms with Gasteiger partial charge in [-0.2, -0.15) is 0 Å². The highest BCUT2D eigenvalue weighted by atomic mass is 19.1. The van der Waals surface area contributed by atoms with E-state index in [1.165, 1.54) is 0 Å². The number of aliphatic hydroxyl groups excluding tert-OH is 1. The molecule has 1 rings (SSSR count). The first-order chi connectivity index (χ1) is 5.12. The lowest BCUT2D eigenvalue weighted by molar-refractivity contribution is 0.108. The van der Waals surface area contributed by atoms with E-state index in [1.54, 1.807) is 0 Å². The largest absolute Gasteiger partial charge is 0.396 e. The maximum absolute atomic E-state index is 13.8. The van der Waals surface area contributed by atoms with Crippen LogP contribution in [0, 0.1) is 11.8 Å². The number of rotatable bonds is 2. The third-order valence-electron chi connectivity index (χ3n) is 3.04. The van der Waals surface area contributed by atoms with Crippen LogP contribution in [0.25, 0.3) is 0 Å². The van der Waals surface area contributed by atoms with Crippen LogP contribution < -0.4 is 0 Å². The fraction of sp³-hybridized carbons (Fsp3) is 1.00. The molecule has 0 amide bonds. The Kier molecular flexibility index (Phi) is 2.53. The first-order valence-electron chi connectivity index (χ1n) is 4.42. The Labute approximate surface area is 67.6 Å². The van der Waals surface area contributed by atoms with Gasteiger partial charge < -0.3 is 5.11 Å². The molecule has 1 aliphatic carbocycles. The van der Waals surface area contributed by atoms with Crippen LogP contribution in [0.4, 0.5) is 4.39 Å². The maximum Gasteiger partial charge on any atom is 0.113 e. The molecule has 0 saturated heterocycles. The lowest BCUT2D eigenvalue weighted by Gasteiger charge is -2.22. The van der Waals surface area contributed by atoms with Crippen molar-refractivity contribution in [1.82, 2.24) is 0 Å². The van der Waals surface area contributed by atoms with Crippen LogP contribution in [0.2, 0.25) is 0 Å². The highest BCUT2D eigenvalue weighted by molar-refractivity contribution is 4.93. The van der Waals surface area contributed by atoms with Gasteiger partial charge in [-0.1, -0.05) is 13.8 Å². The van der Waals surface area contributed by atoms with Gasteiger partial charge in [0.25, 0.3) is 0 Å². The van der Waals surface area contributed by atoms with Gasteiger partial charge in [0.15, 0.2) is 0 Å². The van der Waals surface area contributed by atoms with Gasteiger partial charge in [-0.15, -0.1) is 0 Å². The van der Waals surface area contributed by atoms with Crippen molar-refractivity contribution in [2.24, 2.45) is 11.8 Å². The number of hydrogen-bond donors (Lipinski definition) is 1. The second-order valence-corrected chi connectivity index (χ2v) is 3.78. The van der Waals surface area contributed by atoms with Crippen molar-refractivity contribution in [3.8, 4) is 0 Å². The van der Waals surface area contributed by atoms with E-state index in [2.05, 4.69) is 0 Å². The van der Waals surface area contributed by atoms with Crippen molar-refractivity contribution in [2.45, 2.75) is 38.8 Å². The Hall–Kier alpha value is -0.110. The Morgan fingerprint density at radius 1 is 1.64 bits per heavy atom. The van der Waals surface area contributed by atoms with Crippen molar-refractivity contribution in [2.75, 3.05) is 6.61 Å². The molecule has 0 bridgehead atoms. The van der Waals surface area contributed by atoms with Gasteiger partial charge in [0.2, 0.25) is 0 Å². The van der Waals surface area contributed by atoms with E-state index in [1.807, 2.05) is 13.8 Å². The molecule has 66 valence electrons. The van der Waals surface area contributed by atoms with E-state index in [4.69, 9.17) is 5.11 Å². The zero-order valence-corrected chi connectivity index (χ0v) is 7.31. The summed E-state index contributed by atoms with van der Waals surface area (Å²) in [5.74, 6) is 0.333. The number of hydrogen-bond acceptors (Lipinski definition) is 1. The van der Waals surface area contributed by atoms with Gasteiger partial charge in [-0.25, -0.2) is 4.39 Å². The van der Waals surface area contributed by atoms with Crippen LogP contribution in [0.3, 0.4) is 0 Å². The molecule has 1 fully saturated rings. The maximum atomic E-state index is 13.8. The van der Waals surface area contributed by atoms with Crippen molar-refractivity contribution >= 4 is 0 Å². The Morgan fingerprint density at radius 2 is 2.27 bits per heavy atom. The van der Waals surface area contributed by atoms with Crippen LogP contribution in [0.15, 0.2) is 0 Å². The quantitative estimate of drug-likeness (QED) is 0.656. The van der Waals surface area contributed by atoms with Gasteiger partial charge in [0.05, 0.1) is 0 Å². The van der Waals surface area contributed by atoms with Gasteiger partial charge in [-0.3, -0.25) is 0 Å². The van der Waals surface area contributed by atoms with Crippen LogP contribution in [0.1, 0.15) is 33.1 Å². The van der Waals surface area contributed by atoms with Gasteiger partial charge in [0.1, 0.15) is 5.67 Å². The summed E-state index contributed by atoms with van der Waals surface area (Å²) in [6.45, 7) is 3.98. The fourth-order valence-corrected chi connectivity index (χ4v) is 2.11. The fourth-order valence-electron chi connectivity index (χ4n) is 2.11. The summed E-state index contributed by atoms with van der Waals surface area (Å²) >= 11 is 0. The highest BCUT2D eigenvalue weighted by Gasteiger charge is 2.43. The zero-order chi connectivity index (χ0) is 8.48.